The molecule has 9 heteroatoms. The average molecular weight is 357 g/mol. The summed E-state index contributed by atoms with van der Waals surface area (Å²) in [6, 6.07) is 3.26. The van der Waals surface area contributed by atoms with Crippen molar-refractivity contribution in [2.24, 2.45) is 0 Å². The maximum atomic E-state index is 11.8. The first-order chi connectivity index (χ1) is 12.6. The van der Waals surface area contributed by atoms with Crippen LogP contribution in [0.15, 0.2) is 0 Å². The molecule has 0 aromatic carbocycles. The van der Waals surface area contributed by atoms with E-state index in [-0.39, 0.29) is 32.3 Å². The van der Waals surface area contributed by atoms with Gasteiger partial charge in [-0.25, -0.2) is 22.8 Å². The van der Waals surface area contributed by atoms with Crippen LogP contribution in [0.2, 0.25) is 0 Å². The molecule has 0 saturated heterocycles. The summed E-state index contributed by atoms with van der Waals surface area (Å²) in [5.41, 5.74) is 0. The van der Waals surface area contributed by atoms with Gasteiger partial charge in [0, 0.05) is 13.0 Å². The van der Waals surface area contributed by atoms with Crippen molar-refractivity contribution in [1.82, 2.24) is 15.1 Å². The third kappa shape index (κ3) is 10.5. The van der Waals surface area contributed by atoms with E-state index < -0.39 is 6.03 Å². The van der Waals surface area contributed by atoms with Crippen molar-refractivity contribution in [3.8, 4) is 12.1 Å². The van der Waals surface area contributed by atoms with Gasteiger partial charge in [0.1, 0.15) is 13.1 Å². The monoisotopic (exact) mass is 357 g/mol. The quantitative estimate of drug-likeness (QED) is 0.327. The molecule has 1 N–H and O–H groups in total. The van der Waals surface area contributed by atoms with Gasteiger partial charge in [-0.05, 0) is 12.8 Å². The standard InChI is InChI=1S/C17H23N7O2/c1-20-14-24(15-21-2)16(25)8-6-4-3-5-7-11-22-17(26)23(12-9-18)13-10-19/h3-8,11-15H2,(H,22,26). The molecule has 0 aromatic heterocycles. The molecular weight excluding hydrogens is 334 g/mol. The number of urea groups is 1. The van der Waals surface area contributed by atoms with Gasteiger partial charge in [-0.2, -0.15) is 10.5 Å². The first-order valence-electron chi connectivity index (χ1n) is 8.31. The van der Waals surface area contributed by atoms with Gasteiger partial charge in [0.25, 0.3) is 13.3 Å². The van der Waals surface area contributed by atoms with Crippen molar-refractivity contribution in [3.63, 3.8) is 0 Å². The number of carbonyl (C=O) groups is 2. The third-order valence-corrected chi connectivity index (χ3v) is 3.49. The minimum Gasteiger partial charge on any atom is -0.338 e. The molecule has 9 nitrogen and oxygen atoms in total. The van der Waals surface area contributed by atoms with E-state index in [1.54, 1.807) is 0 Å². The Balaban J connectivity index is 3.79. The number of amides is 3. The summed E-state index contributed by atoms with van der Waals surface area (Å²) in [4.78, 5) is 32.3. The summed E-state index contributed by atoms with van der Waals surface area (Å²) < 4.78 is 0. The Bertz CT molecular complexity index is 521. The first kappa shape index (κ1) is 22.7. The minimum absolute atomic E-state index is 0.0739. The molecule has 138 valence electrons. The van der Waals surface area contributed by atoms with Gasteiger partial charge in [0.05, 0.1) is 12.1 Å². The summed E-state index contributed by atoms with van der Waals surface area (Å²) in [6.45, 7) is 13.6. The summed E-state index contributed by atoms with van der Waals surface area (Å²) in [7, 11) is 0. The number of nitrogens with zero attached hydrogens (tertiary/aromatic N) is 6. The Hall–Kier alpha value is -3.30. The number of hydrogen-bond acceptors (Lipinski definition) is 4. The lowest BCUT2D eigenvalue weighted by Gasteiger charge is -2.16. The van der Waals surface area contributed by atoms with E-state index in [0.717, 1.165) is 30.6 Å². The molecule has 0 saturated carbocycles. The van der Waals surface area contributed by atoms with Crippen molar-refractivity contribution in [3.05, 3.63) is 22.8 Å². The zero-order valence-electron chi connectivity index (χ0n) is 14.8. The molecule has 0 heterocycles. The predicted octanol–water partition coefficient (Wildman–Crippen LogP) is 1.97. The molecule has 0 fully saturated rings. The maximum absolute atomic E-state index is 11.8. The van der Waals surface area contributed by atoms with Gasteiger partial charge >= 0.3 is 6.03 Å². The summed E-state index contributed by atoms with van der Waals surface area (Å²) >= 11 is 0. The molecule has 0 bridgehead atoms. The van der Waals surface area contributed by atoms with E-state index in [4.69, 9.17) is 23.7 Å². The van der Waals surface area contributed by atoms with Crippen LogP contribution >= 0.6 is 0 Å². The van der Waals surface area contributed by atoms with Crippen LogP contribution in [0, 0.1) is 35.8 Å². The van der Waals surface area contributed by atoms with Crippen molar-refractivity contribution < 1.29 is 9.59 Å². The lowest BCUT2D eigenvalue weighted by molar-refractivity contribution is -0.130. The largest absolute Gasteiger partial charge is 0.338 e. The zero-order chi connectivity index (χ0) is 19.6. The highest BCUT2D eigenvalue weighted by atomic mass is 16.2. The molecule has 0 aliphatic rings. The van der Waals surface area contributed by atoms with Crippen LogP contribution in [0.25, 0.3) is 9.69 Å². The van der Waals surface area contributed by atoms with Gasteiger partial charge in [-0.3, -0.25) is 19.4 Å². The summed E-state index contributed by atoms with van der Waals surface area (Å²) in [5.74, 6) is -0.167. The predicted molar refractivity (Wildman–Crippen MR) is 93.7 cm³/mol. The van der Waals surface area contributed by atoms with E-state index in [1.807, 2.05) is 12.1 Å². The molecule has 3 amide bonds. The number of rotatable bonds is 12. The SMILES string of the molecule is [C-]#[N+]CN(C[N+]#[C-])C(=O)CCCCCCCNC(=O)N(CC#N)CC#N. The fourth-order valence-corrected chi connectivity index (χ4v) is 2.14. The summed E-state index contributed by atoms with van der Waals surface area (Å²) in [6.07, 6.45) is 4.47. The van der Waals surface area contributed by atoms with Gasteiger partial charge in [0.15, 0.2) is 0 Å². The highest BCUT2D eigenvalue weighted by Gasteiger charge is 2.16. The van der Waals surface area contributed by atoms with E-state index in [0.29, 0.717) is 19.4 Å². The second kappa shape index (κ2) is 15.2. The number of hydrogen-bond donors (Lipinski definition) is 1. The second-order valence-corrected chi connectivity index (χ2v) is 5.45. The normalized spacial score (nSPS) is 9.08. The Morgan fingerprint density at radius 2 is 1.42 bits per heavy atom. The van der Waals surface area contributed by atoms with Gasteiger partial charge in [-0.1, -0.05) is 19.3 Å². The Morgan fingerprint density at radius 1 is 0.885 bits per heavy atom. The van der Waals surface area contributed by atoms with Crippen LogP contribution in [-0.2, 0) is 4.79 Å². The van der Waals surface area contributed by atoms with Crippen LogP contribution in [0.4, 0.5) is 4.79 Å². The molecular formula is C17H23N7O2. The molecule has 26 heavy (non-hydrogen) atoms. The Kier molecular flexibility index (Phi) is 13.3. The first-order valence-corrected chi connectivity index (χ1v) is 8.31. The van der Waals surface area contributed by atoms with Crippen molar-refractivity contribution in [2.75, 3.05) is 33.0 Å². The number of nitrogens with one attached hydrogen (secondary N) is 1. The number of carbonyl (C=O) groups excluding carboxylic acids is 2. The molecule has 0 atom stereocenters. The van der Waals surface area contributed by atoms with Crippen LogP contribution in [0.1, 0.15) is 38.5 Å². The number of nitriles is 2. The van der Waals surface area contributed by atoms with Crippen molar-refractivity contribution in [1.29, 1.82) is 10.5 Å². The second-order valence-electron chi connectivity index (χ2n) is 5.45. The molecule has 0 aromatic rings. The molecule has 0 spiro atoms. The smallest absolute Gasteiger partial charge is 0.319 e. The van der Waals surface area contributed by atoms with Crippen LogP contribution in [0.5, 0.6) is 0 Å². The third-order valence-electron chi connectivity index (χ3n) is 3.49. The highest BCUT2D eigenvalue weighted by molar-refractivity contribution is 5.76. The fourth-order valence-electron chi connectivity index (χ4n) is 2.14. The minimum atomic E-state index is -0.418. The van der Waals surface area contributed by atoms with E-state index in [2.05, 4.69) is 15.0 Å². The molecule has 0 unspecified atom stereocenters. The van der Waals surface area contributed by atoms with Crippen LogP contribution in [0.3, 0.4) is 0 Å². The molecule has 0 radical (unpaired) electrons. The topological polar surface area (TPSA) is 109 Å². The van der Waals surface area contributed by atoms with Gasteiger partial charge in [0.2, 0.25) is 5.91 Å². The average Bonchev–Trinajstić information content (AvgIpc) is 2.63. The van der Waals surface area contributed by atoms with E-state index in [9.17, 15) is 9.59 Å². The summed E-state index contributed by atoms with van der Waals surface area (Å²) in [5, 5.41) is 19.9. The van der Waals surface area contributed by atoms with Gasteiger partial charge < -0.3 is 5.32 Å². The van der Waals surface area contributed by atoms with E-state index in [1.165, 1.54) is 4.90 Å². The van der Waals surface area contributed by atoms with Crippen molar-refractivity contribution in [2.45, 2.75) is 38.5 Å². The van der Waals surface area contributed by atoms with Gasteiger partial charge in [-0.15, -0.1) is 0 Å². The highest BCUT2D eigenvalue weighted by Crippen LogP contribution is 2.07. The lowest BCUT2D eigenvalue weighted by atomic mass is 10.1. The maximum Gasteiger partial charge on any atom is 0.319 e. The molecule has 0 rings (SSSR count). The zero-order valence-corrected chi connectivity index (χ0v) is 14.8. The van der Waals surface area contributed by atoms with Crippen LogP contribution in [-0.4, -0.2) is 54.7 Å². The fraction of sp³-hybridized carbons (Fsp3) is 0.647. The van der Waals surface area contributed by atoms with Crippen LogP contribution < -0.4 is 5.32 Å². The molecule has 0 aliphatic heterocycles. The Morgan fingerprint density at radius 3 is 1.96 bits per heavy atom. The Labute approximate surface area is 154 Å². The number of unbranched alkanes of at least 4 members (excludes halogenated alkanes) is 4. The van der Waals surface area contributed by atoms with Crippen molar-refractivity contribution >= 4 is 11.9 Å². The molecule has 0 aliphatic carbocycles. The van der Waals surface area contributed by atoms with E-state index >= 15 is 0 Å². The lowest BCUT2D eigenvalue weighted by Crippen LogP contribution is -2.40.